The Bertz CT molecular complexity index is 620. The highest BCUT2D eigenvalue weighted by molar-refractivity contribution is 5.43. The molecule has 0 unspecified atom stereocenters. The van der Waals surface area contributed by atoms with E-state index in [-0.39, 0.29) is 11.6 Å². The summed E-state index contributed by atoms with van der Waals surface area (Å²) in [5, 5.41) is 6.87. The van der Waals surface area contributed by atoms with Crippen LogP contribution in [0.3, 0.4) is 0 Å². The molecule has 4 nitrogen and oxygen atoms in total. The standard InChI is InChI=1S/C13H16F2N4/c1-5-9-7(2)18-19(8(9)3)13-11(15)6-10(14)12(16-4)17-13/h6H,5H2,1-4H3,(H,16,17). The van der Waals surface area contributed by atoms with Gasteiger partial charge < -0.3 is 5.32 Å². The number of hydrogen-bond donors (Lipinski definition) is 1. The zero-order chi connectivity index (χ0) is 14.2. The summed E-state index contributed by atoms with van der Waals surface area (Å²) in [4.78, 5) is 3.95. The molecule has 0 radical (unpaired) electrons. The lowest BCUT2D eigenvalue weighted by molar-refractivity contribution is 0.561. The van der Waals surface area contributed by atoms with Crippen LogP contribution in [0, 0.1) is 25.5 Å². The molecule has 0 aromatic carbocycles. The first-order valence-electron chi connectivity index (χ1n) is 6.08. The second-order valence-electron chi connectivity index (χ2n) is 4.29. The van der Waals surface area contributed by atoms with Gasteiger partial charge in [0.25, 0.3) is 0 Å². The van der Waals surface area contributed by atoms with Crippen LogP contribution in [0.4, 0.5) is 14.6 Å². The average Bonchev–Trinajstić information content (AvgIpc) is 2.64. The lowest BCUT2D eigenvalue weighted by Gasteiger charge is -2.08. The van der Waals surface area contributed by atoms with Gasteiger partial charge in [0.2, 0.25) is 0 Å². The molecule has 6 heteroatoms. The van der Waals surface area contributed by atoms with Gasteiger partial charge >= 0.3 is 0 Å². The molecule has 0 aliphatic carbocycles. The van der Waals surface area contributed by atoms with Crippen molar-refractivity contribution in [1.29, 1.82) is 0 Å². The summed E-state index contributed by atoms with van der Waals surface area (Å²) in [6.07, 6.45) is 0.805. The Balaban J connectivity index is 2.65. The Morgan fingerprint density at radius 3 is 2.47 bits per heavy atom. The number of rotatable bonds is 3. The molecule has 2 heterocycles. The highest BCUT2D eigenvalue weighted by Gasteiger charge is 2.18. The molecular weight excluding hydrogens is 250 g/mol. The van der Waals surface area contributed by atoms with Crippen LogP contribution in [0.25, 0.3) is 5.82 Å². The quantitative estimate of drug-likeness (QED) is 0.929. The van der Waals surface area contributed by atoms with Crippen LogP contribution in [0.1, 0.15) is 23.9 Å². The third-order valence-electron chi connectivity index (χ3n) is 3.14. The number of pyridine rings is 1. The molecule has 0 saturated carbocycles. The van der Waals surface area contributed by atoms with Gasteiger partial charge in [-0.15, -0.1) is 0 Å². The van der Waals surface area contributed by atoms with Crippen molar-refractivity contribution in [3.63, 3.8) is 0 Å². The summed E-state index contributed by atoms with van der Waals surface area (Å²) in [5.41, 5.74) is 2.70. The molecule has 2 aromatic heterocycles. The summed E-state index contributed by atoms with van der Waals surface area (Å²) < 4.78 is 28.7. The van der Waals surface area contributed by atoms with E-state index in [2.05, 4.69) is 15.4 Å². The predicted molar refractivity (Wildman–Crippen MR) is 69.7 cm³/mol. The van der Waals surface area contributed by atoms with E-state index in [1.54, 1.807) is 0 Å². The third-order valence-corrected chi connectivity index (χ3v) is 3.14. The van der Waals surface area contributed by atoms with Gasteiger partial charge in [-0.25, -0.2) is 18.4 Å². The van der Waals surface area contributed by atoms with E-state index in [0.29, 0.717) is 0 Å². The van der Waals surface area contributed by atoms with Crippen LogP contribution in [-0.4, -0.2) is 21.8 Å². The van der Waals surface area contributed by atoms with Crippen molar-refractivity contribution >= 4 is 5.82 Å². The van der Waals surface area contributed by atoms with Crippen LogP contribution in [-0.2, 0) is 6.42 Å². The molecular formula is C13H16F2N4. The first-order chi connectivity index (χ1) is 8.99. The Kier molecular flexibility index (Phi) is 3.50. The SMILES string of the molecule is CCc1c(C)nn(-c2nc(NC)c(F)cc2F)c1C. The molecule has 0 amide bonds. The van der Waals surface area contributed by atoms with Gasteiger partial charge in [-0.2, -0.15) is 5.10 Å². The molecule has 0 spiro atoms. The van der Waals surface area contributed by atoms with E-state index in [9.17, 15) is 8.78 Å². The average molecular weight is 266 g/mol. The van der Waals surface area contributed by atoms with Crippen LogP contribution in [0.5, 0.6) is 0 Å². The van der Waals surface area contributed by atoms with Gasteiger partial charge in [0, 0.05) is 18.8 Å². The van der Waals surface area contributed by atoms with E-state index in [1.165, 1.54) is 11.7 Å². The third kappa shape index (κ3) is 2.18. The monoisotopic (exact) mass is 266 g/mol. The molecule has 0 aliphatic heterocycles. The fourth-order valence-corrected chi connectivity index (χ4v) is 2.17. The van der Waals surface area contributed by atoms with Crippen LogP contribution in [0.15, 0.2) is 6.07 Å². The van der Waals surface area contributed by atoms with Gasteiger partial charge in [0.1, 0.15) is 0 Å². The number of nitrogens with zero attached hydrogens (tertiary/aromatic N) is 3. The van der Waals surface area contributed by atoms with Crippen molar-refractivity contribution in [2.45, 2.75) is 27.2 Å². The first kappa shape index (κ1) is 13.5. The number of aromatic nitrogens is 3. The Hall–Kier alpha value is -1.98. The van der Waals surface area contributed by atoms with Crippen molar-refractivity contribution < 1.29 is 8.78 Å². The van der Waals surface area contributed by atoms with Gasteiger partial charge in [0.15, 0.2) is 23.3 Å². The Morgan fingerprint density at radius 1 is 1.26 bits per heavy atom. The number of hydrogen-bond acceptors (Lipinski definition) is 3. The minimum absolute atomic E-state index is 0.00185. The van der Waals surface area contributed by atoms with Gasteiger partial charge in [-0.05, 0) is 25.8 Å². The summed E-state index contributed by atoms with van der Waals surface area (Å²) in [5.74, 6) is -1.45. The fraction of sp³-hybridized carbons (Fsp3) is 0.385. The molecule has 2 rings (SSSR count). The molecule has 0 atom stereocenters. The van der Waals surface area contributed by atoms with Crippen LogP contribution >= 0.6 is 0 Å². The molecule has 1 N–H and O–H groups in total. The van der Waals surface area contributed by atoms with Gasteiger partial charge in [0.05, 0.1) is 5.69 Å². The van der Waals surface area contributed by atoms with Gasteiger partial charge in [-0.3, -0.25) is 0 Å². The molecule has 0 saturated heterocycles. The second-order valence-corrected chi connectivity index (χ2v) is 4.29. The molecule has 19 heavy (non-hydrogen) atoms. The fourth-order valence-electron chi connectivity index (χ4n) is 2.17. The minimum Gasteiger partial charge on any atom is -0.371 e. The highest BCUT2D eigenvalue weighted by atomic mass is 19.1. The molecule has 0 aliphatic rings. The maximum Gasteiger partial charge on any atom is 0.192 e. The van der Waals surface area contributed by atoms with E-state index in [0.717, 1.165) is 29.4 Å². The van der Waals surface area contributed by atoms with Gasteiger partial charge in [-0.1, -0.05) is 6.92 Å². The summed E-state index contributed by atoms with van der Waals surface area (Å²) in [6.45, 7) is 5.72. The second kappa shape index (κ2) is 4.95. The number of halogens is 2. The maximum atomic E-state index is 13.9. The number of nitrogens with one attached hydrogen (secondary N) is 1. The summed E-state index contributed by atoms with van der Waals surface area (Å²) >= 11 is 0. The topological polar surface area (TPSA) is 42.7 Å². The molecule has 102 valence electrons. The zero-order valence-electron chi connectivity index (χ0n) is 11.4. The summed E-state index contributed by atoms with van der Waals surface area (Å²) in [6, 6.07) is 0.816. The number of anilines is 1. The van der Waals surface area contributed by atoms with Crippen LogP contribution < -0.4 is 5.32 Å². The minimum atomic E-state index is -0.732. The largest absolute Gasteiger partial charge is 0.371 e. The van der Waals surface area contributed by atoms with Crippen molar-refractivity contribution in [3.05, 3.63) is 34.7 Å². The van der Waals surface area contributed by atoms with Crippen molar-refractivity contribution in [3.8, 4) is 5.82 Å². The molecule has 2 aromatic rings. The smallest absolute Gasteiger partial charge is 0.192 e. The van der Waals surface area contributed by atoms with Crippen LogP contribution in [0.2, 0.25) is 0 Å². The predicted octanol–water partition coefficient (Wildman–Crippen LogP) is 2.77. The zero-order valence-corrected chi connectivity index (χ0v) is 11.4. The van der Waals surface area contributed by atoms with E-state index in [4.69, 9.17) is 0 Å². The first-order valence-corrected chi connectivity index (χ1v) is 6.08. The number of aryl methyl sites for hydroxylation is 1. The van der Waals surface area contributed by atoms with Crippen molar-refractivity contribution in [1.82, 2.24) is 14.8 Å². The highest BCUT2D eigenvalue weighted by Crippen LogP contribution is 2.22. The Labute approximate surface area is 110 Å². The van der Waals surface area contributed by atoms with Crippen molar-refractivity contribution in [2.24, 2.45) is 0 Å². The normalized spacial score (nSPS) is 10.8. The lowest BCUT2D eigenvalue weighted by atomic mass is 10.1. The molecule has 0 fully saturated rings. The lowest BCUT2D eigenvalue weighted by Crippen LogP contribution is -2.09. The van der Waals surface area contributed by atoms with Crippen molar-refractivity contribution in [2.75, 3.05) is 12.4 Å². The van der Waals surface area contributed by atoms with E-state index < -0.39 is 11.6 Å². The Morgan fingerprint density at radius 2 is 1.95 bits per heavy atom. The van der Waals surface area contributed by atoms with E-state index >= 15 is 0 Å². The van der Waals surface area contributed by atoms with E-state index in [1.807, 2.05) is 20.8 Å². The maximum absolute atomic E-state index is 13.9. The molecule has 0 bridgehead atoms. The summed E-state index contributed by atoms with van der Waals surface area (Å²) in [7, 11) is 1.53.